The van der Waals surface area contributed by atoms with E-state index in [4.69, 9.17) is 11.6 Å². The molecule has 0 radical (unpaired) electrons. The van der Waals surface area contributed by atoms with Gasteiger partial charge in [0.1, 0.15) is 5.02 Å². The first kappa shape index (κ1) is 22.4. The summed E-state index contributed by atoms with van der Waals surface area (Å²) in [5.74, 6) is 0.369. The molecule has 4 aromatic rings. The fourth-order valence-corrected chi connectivity index (χ4v) is 4.00. The van der Waals surface area contributed by atoms with Gasteiger partial charge >= 0.3 is 0 Å². The minimum Gasteiger partial charge on any atom is -0.325 e. The van der Waals surface area contributed by atoms with E-state index in [-0.39, 0.29) is 22.4 Å². The van der Waals surface area contributed by atoms with Crippen LogP contribution in [0.1, 0.15) is 5.56 Å². The number of nitro groups is 1. The van der Waals surface area contributed by atoms with Gasteiger partial charge in [-0.25, -0.2) is 0 Å². The summed E-state index contributed by atoms with van der Waals surface area (Å²) in [4.78, 5) is 27.0. The second kappa shape index (κ2) is 10.2. The molecule has 2 heterocycles. The Balaban J connectivity index is 1.52. The molecule has 0 aliphatic rings. The Morgan fingerprint density at radius 1 is 1.09 bits per heavy atom. The number of pyridine rings is 1. The molecule has 11 heteroatoms. The summed E-state index contributed by atoms with van der Waals surface area (Å²) in [5.41, 5.74) is 1.94. The maximum absolute atomic E-state index is 12.5. The van der Waals surface area contributed by atoms with E-state index in [1.54, 1.807) is 12.4 Å². The normalized spacial score (nSPS) is 10.7. The van der Waals surface area contributed by atoms with Crippen molar-refractivity contribution >= 4 is 40.6 Å². The van der Waals surface area contributed by atoms with Crippen LogP contribution in [0.3, 0.4) is 0 Å². The van der Waals surface area contributed by atoms with Crippen LogP contribution in [-0.4, -0.2) is 36.3 Å². The third-order valence-electron chi connectivity index (χ3n) is 4.60. The molecule has 0 saturated heterocycles. The van der Waals surface area contributed by atoms with Crippen LogP contribution in [-0.2, 0) is 11.3 Å². The van der Waals surface area contributed by atoms with Gasteiger partial charge in [-0.15, -0.1) is 10.2 Å². The number of nitro benzene ring substituents is 1. The van der Waals surface area contributed by atoms with Crippen LogP contribution in [0.2, 0.25) is 5.02 Å². The van der Waals surface area contributed by atoms with Gasteiger partial charge in [-0.05, 0) is 29.8 Å². The first-order valence-corrected chi connectivity index (χ1v) is 11.1. The van der Waals surface area contributed by atoms with Crippen molar-refractivity contribution in [1.29, 1.82) is 0 Å². The molecule has 0 atom stereocenters. The lowest BCUT2D eigenvalue weighted by Crippen LogP contribution is -2.15. The zero-order valence-corrected chi connectivity index (χ0v) is 18.7. The molecule has 0 fully saturated rings. The van der Waals surface area contributed by atoms with Gasteiger partial charge in [0.05, 0.1) is 17.2 Å². The minimum atomic E-state index is -0.598. The molecule has 2 aromatic heterocycles. The predicted octanol–water partition coefficient (Wildman–Crippen LogP) is 4.68. The summed E-state index contributed by atoms with van der Waals surface area (Å²) in [5, 5.41) is 22.9. The molecule has 1 amide bonds. The van der Waals surface area contributed by atoms with Crippen LogP contribution in [0.15, 0.2) is 78.2 Å². The Morgan fingerprint density at radius 3 is 2.58 bits per heavy atom. The van der Waals surface area contributed by atoms with Gasteiger partial charge in [-0.3, -0.25) is 24.5 Å². The standard InChI is InChI=1S/C22H17ClN6O3S/c23-18-7-6-17(12-19(18)29(31)32)25-20(30)14-33-22-27-26-21(16-8-10-24-11-9-16)28(22)13-15-4-2-1-3-5-15/h1-12H,13-14H2,(H,25,30). The van der Waals surface area contributed by atoms with Gasteiger partial charge < -0.3 is 5.32 Å². The number of amides is 1. The zero-order valence-electron chi connectivity index (χ0n) is 17.1. The molecular formula is C22H17ClN6O3S. The number of carbonyl (C=O) groups excluding carboxylic acids is 1. The summed E-state index contributed by atoms with van der Waals surface area (Å²) in [6.07, 6.45) is 3.37. The summed E-state index contributed by atoms with van der Waals surface area (Å²) in [7, 11) is 0. The van der Waals surface area contributed by atoms with Gasteiger partial charge in [0.2, 0.25) is 5.91 Å². The summed E-state index contributed by atoms with van der Waals surface area (Å²) >= 11 is 7.05. The van der Waals surface area contributed by atoms with E-state index < -0.39 is 4.92 Å². The molecular weight excluding hydrogens is 464 g/mol. The number of rotatable bonds is 8. The molecule has 2 aromatic carbocycles. The Morgan fingerprint density at radius 2 is 1.85 bits per heavy atom. The number of aromatic nitrogens is 4. The van der Waals surface area contributed by atoms with Gasteiger partial charge in [0.25, 0.3) is 5.69 Å². The van der Waals surface area contributed by atoms with Gasteiger partial charge in [0.15, 0.2) is 11.0 Å². The van der Waals surface area contributed by atoms with E-state index in [1.807, 2.05) is 47.0 Å². The molecule has 166 valence electrons. The number of halogens is 1. The number of nitrogens with zero attached hydrogens (tertiary/aromatic N) is 5. The molecule has 0 aliphatic carbocycles. The molecule has 0 aliphatic heterocycles. The number of hydrogen-bond donors (Lipinski definition) is 1. The second-order valence-electron chi connectivity index (χ2n) is 6.87. The fraction of sp³-hybridized carbons (Fsp3) is 0.0909. The molecule has 0 spiro atoms. The van der Waals surface area contributed by atoms with E-state index in [0.29, 0.717) is 23.2 Å². The predicted molar refractivity (Wildman–Crippen MR) is 126 cm³/mol. The second-order valence-corrected chi connectivity index (χ2v) is 8.22. The van der Waals surface area contributed by atoms with Crippen molar-refractivity contribution in [2.75, 3.05) is 11.1 Å². The lowest BCUT2D eigenvalue weighted by atomic mass is 10.2. The third-order valence-corrected chi connectivity index (χ3v) is 5.88. The van der Waals surface area contributed by atoms with Crippen molar-refractivity contribution in [2.45, 2.75) is 11.7 Å². The molecule has 0 bridgehead atoms. The molecule has 0 saturated carbocycles. The van der Waals surface area contributed by atoms with Crippen molar-refractivity contribution in [3.8, 4) is 11.4 Å². The molecule has 9 nitrogen and oxygen atoms in total. The van der Waals surface area contributed by atoms with Crippen LogP contribution < -0.4 is 5.32 Å². The maximum atomic E-state index is 12.5. The molecule has 0 unspecified atom stereocenters. The van der Waals surface area contributed by atoms with Gasteiger partial charge in [0, 0.05) is 29.7 Å². The van der Waals surface area contributed by atoms with Crippen molar-refractivity contribution in [3.05, 3.63) is 93.8 Å². The Hall–Kier alpha value is -3.76. The number of anilines is 1. The number of nitrogens with one attached hydrogen (secondary N) is 1. The highest BCUT2D eigenvalue weighted by atomic mass is 35.5. The number of carbonyl (C=O) groups is 1. The number of thioether (sulfide) groups is 1. The smallest absolute Gasteiger partial charge is 0.289 e. The molecule has 1 N–H and O–H groups in total. The highest BCUT2D eigenvalue weighted by Crippen LogP contribution is 2.28. The Labute approximate surface area is 198 Å². The van der Waals surface area contributed by atoms with Crippen molar-refractivity contribution in [1.82, 2.24) is 19.7 Å². The van der Waals surface area contributed by atoms with Crippen molar-refractivity contribution < 1.29 is 9.72 Å². The van der Waals surface area contributed by atoms with E-state index in [9.17, 15) is 14.9 Å². The minimum absolute atomic E-state index is 0.00466. The largest absolute Gasteiger partial charge is 0.325 e. The molecule has 4 rings (SSSR count). The Kier molecular flexibility index (Phi) is 6.96. The summed E-state index contributed by atoms with van der Waals surface area (Å²) in [6.45, 7) is 0.527. The van der Waals surface area contributed by atoms with E-state index >= 15 is 0 Å². The first-order chi connectivity index (χ1) is 16.0. The lowest BCUT2D eigenvalue weighted by molar-refractivity contribution is -0.384. The monoisotopic (exact) mass is 480 g/mol. The quantitative estimate of drug-likeness (QED) is 0.221. The van der Waals surface area contributed by atoms with Crippen LogP contribution in [0.5, 0.6) is 0 Å². The van der Waals surface area contributed by atoms with Crippen molar-refractivity contribution in [3.63, 3.8) is 0 Å². The van der Waals surface area contributed by atoms with E-state index in [2.05, 4.69) is 20.5 Å². The maximum Gasteiger partial charge on any atom is 0.289 e. The highest BCUT2D eigenvalue weighted by Gasteiger charge is 2.17. The van der Waals surface area contributed by atoms with Crippen LogP contribution in [0.25, 0.3) is 11.4 Å². The number of hydrogen-bond acceptors (Lipinski definition) is 7. The van der Waals surface area contributed by atoms with Gasteiger partial charge in [-0.2, -0.15) is 0 Å². The average Bonchev–Trinajstić information content (AvgIpc) is 3.22. The van der Waals surface area contributed by atoms with Crippen molar-refractivity contribution in [2.24, 2.45) is 0 Å². The zero-order chi connectivity index (χ0) is 23.2. The SMILES string of the molecule is O=C(CSc1nnc(-c2ccncc2)n1Cc1ccccc1)Nc1ccc(Cl)c([N+](=O)[O-])c1. The van der Waals surface area contributed by atoms with E-state index in [1.165, 1.54) is 30.0 Å². The van der Waals surface area contributed by atoms with Crippen LogP contribution >= 0.6 is 23.4 Å². The van der Waals surface area contributed by atoms with Crippen LogP contribution in [0, 0.1) is 10.1 Å². The van der Waals surface area contributed by atoms with E-state index in [0.717, 1.165) is 11.1 Å². The summed E-state index contributed by atoms with van der Waals surface area (Å²) < 4.78 is 1.94. The number of benzene rings is 2. The summed E-state index contributed by atoms with van der Waals surface area (Å²) in [6, 6.07) is 17.7. The van der Waals surface area contributed by atoms with Gasteiger partial charge in [-0.1, -0.05) is 53.7 Å². The lowest BCUT2D eigenvalue weighted by Gasteiger charge is -2.11. The Bertz CT molecular complexity index is 1280. The highest BCUT2D eigenvalue weighted by molar-refractivity contribution is 7.99. The topological polar surface area (TPSA) is 116 Å². The van der Waals surface area contributed by atoms with Crippen LogP contribution in [0.4, 0.5) is 11.4 Å². The first-order valence-electron chi connectivity index (χ1n) is 9.75. The molecule has 33 heavy (non-hydrogen) atoms. The average molecular weight is 481 g/mol. The fourth-order valence-electron chi connectivity index (χ4n) is 3.08. The third kappa shape index (κ3) is 5.54.